The topological polar surface area (TPSA) is 149 Å². The second-order valence-corrected chi connectivity index (χ2v) is 7.62. The lowest BCUT2D eigenvalue weighted by Gasteiger charge is -2.11. The van der Waals surface area contributed by atoms with Crippen molar-refractivity contribution < 1.29 is 9.53 Å². The van der Waals surface area contributed by atoms with Gasteiger partial charge in [-0.15, -0.1) is 5.10 Å². The highest BCUT2D eigenvalue weighted by atomic mass is 79.9. The first-order chi connectivity index (χ1) is 13.9. The molecule has 152 valence electrons. The quantitative estimate of drug-likeness (QED) is 0.322. The average Bonchev–Trinajstić information content (AvgIpc) is 3.15. The summed E-state index contributed by atoms with van der Waals surface area (Å²) in [7, 11) is 1.47. The summed E-state index contributed by atoms with van der Waals surface area (Å²) in [5.74, 6) is -0.307. The molecule has 0 fully saturated rings. The summed E-state index contributed by atoms with van der Waals surface area (Å²) >= 11 is 4.50. The summed E-state index contributed by atoms with van der Waals surface area (Å²) in [6, 6.07) is 7.49. The molecule has 3 rings (SSSR count). The molecule has 0 bridgehead atoms. The van der Waals surface area contributed by atoms with Crippen LogP contribution in [-0.2, 0) is 11.3 Å². The van der Waals surface area contributed by atoms with Crippen molar-refractivity contribution in [2.45, 2.75) is 11.7 Å². The predicted molar refractivity (Wildman–Crippen MR) is 112 cm³/mol. The number of ether oxygens (including phenoxy) is 1. The number of thioether (sulfide) groups is 1. The Labute approximate surface area is 177 Å². The van der Waals surface area contributed by atoms with Crippen molar-refractivity contribution >= 4 is 39.3 Å². The standard InChI is InChI=1S/C17H17BrN6O4S/c1-28-7-6-24-13(19)12(15(26)21-17(24)27)11(25)8-29-16-20-14(22-23-16)9-4-2-3-5-10(9)18/h2-5H,6-8,19H2,1H3,(H,20,22,23)(H,21,26,27). The number of rotatable bonds is 8. The van der Waals surface area contributed by atoms with Crippen molar-refractivity contribution in [3.05, 3.63) is 55.1 Å². The fourth-order valence-corrected chi connectivity index (χ4v) is 3.69. The zero-order valence-electron chi connectivity index (χ0n) is 15.3. The monoisotopic (exact) mass is 480 g/mol. The van der Waals surface area contributed by atoms with Gasteiger partial charge in [0.1, 0.15) is 11.4 Å². The molecule has 12 heteroatoms. The van der Waals surface area contributed by atoms with Crippen LogP contribution in [0, 0.1) is 0 Å². The van der Waals surface area contributed by atoms with E-state index in [2.05, 4.69) is 36.1 Å². The zero-order valence-corrected chi connectivity index (χ0v) is 17.7. The first-order valence-electron chi connectivity index (χ1n) is 8.37. The van der Waals surface area contributed by atoms with Crippen LogP contribution in [0.2, 0.25) is 0 Å². The Morgan fingerprint density at radius 2 is 2.10 bits per heavy atom. The Morgan fingerprint density at radius 1 is 1.34 bits per heavy atom. The number of methoxy groups -OCH3 is 1. The Kier molecular flexibility index (Phi) is 6.67. The molecule has 0 radical (unpaired) electrons. The van der Waals surface area contributed by atoms with Crippen molar-refractivity contribution in [2.24, 2.45) is 0 Å². The van der Waals surface area contributed by atoms with Crippen LogP contribution in [0.25, 0.3) is 11.4 Å². The van der Waals surface area contributed by atoms with Gasteiger partial charge in [-0.05, 0) is 6.07 Å². The van der Waals surface area contributed by atoms with E-state index in [1.54, 1.807) is 0 Å². The minimum absolute atomic E-state index is 0.113. The van der Waals surface area contributed by atoms with Gasteiger partial charge in [-0.1, -0.05) is 45.9 Å². The Bertz CT molecular complexity index is 1160. The van der Waals surface area contributed by atoms with Gasteiger partial charge < -0.3 is 10.5 Å². The number of carbonyl (C=O) groups excluding carboxylic acids is 1. The maximum Gasteiger partial charge on any atom is 0.330 e. The second kappa shape index (κ2) is 9.20. The molecule has 3 aromatic rings. The SMILES string of the molecule is COCCn1c(N)c(C(=O)CSc2n[nH]c(-c3ccccc3Br)n2)c(=O)[nH]c1=O. The third kappa shape index (κ3) is 4.66. The third-order valence-corrected chi connectivity index (χ3v) is 5.50. The first-order valence-corrected chi connectivity index (χ1v) is 10.1. The lowest BCUT2D eigenvalue weighted by atomic mass is 10.2. The van der Waals surface area contributed by atoms with Crippen LogP contribution in [0.1, 0.15) is 10.4 Å². The minimum atomic E-state index is -0.823. The largest absolute Gasteiger partial charge is 0.384 e. The van der Waals surface area contributed by atoms with E-state index in [0.717, 1.165) is 26.4 Å². The summed E-state index contributed by atoms with van der Waals surface area (Å²) in [5.41, 5.74) is 4.94. The van der Waals surface area contributed by atoms with Crippen molar-refractivity contribution in [1.29, 1.82) is 0 Å². The van der Waals surface area contributed by atoms with Crippen LogP contribution in [-0.4, -0.2) is 50.0 Å². The fourth-order valence-electron chi connectivity index (χ4n) is 2.55. The molecule has 0 spiro atoms. The number of nitrogen functional groups attached to an aromatic ring is 1. The molecule has 0 saturated carbocycles. The third-order valence-electron chi connectivity index (χ3n) is 3.96. The molecule has 0 unspecified atom stereocenters. The highest BCUT2D eigenvalue weighted by Gasteiger charge is 2.20. The number of hydrogen-bond acceptors (Lipinski definition) is 8. The van der Waals surface area contributed by atoms with E-state index in [-0.39, 0.29) is 30.3 Å². The van der Waals surface area contributed by atoms with Crippen LogP contribution in [0.15, 0.2) is 43.5 Å². The summed E-state index contributed by atoms with van der Waals surface area (Å²) in [6.07, 6.45) is 0. The van der Waals surface area contributed by atoms with E-state index < -0.39 is 17.0 Å². The van der Waals surface area contributed by atoms with Crippen LogP contribution in [0.4, 0.5) is 5.82 Å². The molecule has 29 heavy (non-hydrogen) atoms. The van der Waals surface area contributed by atoms with Gasteiger partial charge in [-0.2, -0.15) is 0 Å². The van der Waals surface area contributed by atoms with Gasteiger partial charge in [0.25, 0.3) is 5.56 Å². The maximum atomic E-state index is 12.6. The molecule has 0 aliphatic heterocycles. The zero-order chi connectivity index (χ0) is 21.0. The molecular weight excluding hydrogens is 464 g/mol. The van der Waals surface area contributed by atoms with E-state index in [1.165, 1.54) is 7.11 Å². The lowest BCUT2D eigenvalue weighted by molar-refractivity contribution is 0.102. The smallest absolute Gasteiger partial charge is 0.330 e. The molecule has 0 aliphatic rings. The number of halogens is 1. The molecule has 0 atom stereocenters. The fraction of sp³-hybridized carbons (Fsp3) is 0.235. The van der Waals surface area contributed by atoms with Crippen molar-refractivity contribution in [3.8, 4) is 11.4 Å². The van der Waals surface area contributed by atoms with Gasteiger partial charge in [-0.25, -0.2) is 9.78 Å². The predicted octanol–water partition coefficient (Wildman–Crippen LogP) is 1.29. The molecule has 0 saturated heterocycles. The number of anilines is 1. The minimum Gasteiger partial charge on any atom is -0.384 e. The Balaban J connectivity index is 1.77. The Hall–Kier alpha value is -2.70. The number of aromatic amines is 2. The molecule has 0 amide bonds. The number of benzene rings is 1. The van der Waals surface area contributed by atoms with E-state index in [1.807, 2.05) is 24.3 Å². The highest BCUT2D eigenvalue weighted by molar-refractivity contribution is 9.10. The number of Topliss-reactive ketones (excluding diaryl/α,β-unsaturated/α-hetero) is 1. The number of nitrogens with one attached hydrogen (secondary N) is 2. The van der Waals surface area contributed by atoms with Gasteiger partial charge >= 0.3 is 5.69 Å². The number of hydrogen-bond donors (Lipinski definition) is 3. The molecular formula is C17H17BrN6O4S. The summed E-state index contributed by atoms with van der Waals surface area (Å²) in [6.45, 7) is 0.315. The number of ketones is 1. The summed E-state index contributed by atoms with van der Waals surface area (Å²) in [4.78, 5) is 43.1. The number of H-pyrrole nitrogens is 2. The second-order valence-electron chi connectivity index (χ2n) is 5.82. The number of nitrogens with two attached hydrogens (primary N) is 1. The number of aromatic nitrogens is 5. The first kappa shape index (κ1) is 21.0. The molecule has 2 heterocycles. The van der Waals surface area contributed by atoms with Gasteiger partial charge in [0.05, 0.1) is 18.9 Å². The van der Waals surface area contributed by atoms with Gasteiger partial charge in [0, 0.05) is 17.1 Å². The lowest BCUT2D eigenvalue weighted by Crippen LogP contribution is -2.37. The highest BCUT2D eigenvalue weighted by Crippen LogP contribution is 2.26. The van der Waals surface area contributed by atoms with Crippen LogP contribution in [0.5, 0.6) is 0 Å². The number of carbonyl (C=O) groups is 1. The molecule has 4 N–H and O–H groups in total. The van der Waals surface area contributed by atoms with Crippen molar-refractivity contribution in [2.75, 3.05) is 25.2 Å². The van der Waals surface area contributed by atoms with Gasteiger partial charge in [0.2, 0.25) is 5.16 Å². The summed E-state index contributed by atoms with van der Waals surface area (Å²) < 4.78 is 6.87. The van der Waals surface area contributed by atoms with Crippen LogP contribution in [0.3, 0.4) is 0 Å². The molecule has 0 aliphatic carbocycles. The van der Waals surface area contributed by atoms with Crippen LogP contribution >= 0.6 is 27.7 Å². The van der Waals surface area contributed by atoms with Gasteiger partial charge in [-0.3, -0.25) is 24.2 Å². The van der Waals surface area contributed by atoms with Crippen molar-refractivity contribution in [1.82, 2.24) is 24.7 Å². The van der Waals surface area contributed by atoms with Crippen molar-refractivity contribution in [3.63, 3.8) is 0 Å². The molecule has 2 aromatic heterocycles. The summed E-state index contributed by atoms with van der Waals surface area (Å²) in [5, 5.41) is 7.23. The van der Waals surface area contributed by atoms with E-state index in [9.17, 15) is 14.4 Å². The Morgan fingerprint density at radius 3 is 2.83 bits per heavy atom. The van der Waals surface area contributed by atoms with E-state index in [4.69, 9.17) is 10.5 Å². The maximum absolute atomic E-state index is 12.6. The average molecular weight is 481 g/mol. The normalized spacial score (nSPS) is 11.0. The van der Waals surface area contributed by atoms with Gasteiger partial charge in [0.15, 0.2) is 11.6 Å². The van der Waals surface area contributed by atoms with E-state index in [0.29, 0.717) is 11.0 Å². The molecule has 1 aromatic carbocycles. The molecule has 10 nitrogen and oxygen atoms in total. The number of nitrogens with zero attached hydrogens (tertiary/aromatic N) is 3. The van der Waals surface area contributed by atoms with Crippen LogP contribution < -0.4 is 17.0 Å². The van der Waals surface area contributed by atoms with E-state index >= 15 is 0 Å².